The molecule has 8 heteroatoms. The largest absolute Gasteiger partial charge is 0.482 e. The van der Waals surface area contributed by atoms with E-state index in [1.165, 1.54) is 0 Å². The zero-order valence-corrected chi connectivity index (χ0v) is 15.4. The molecule has 1 aromatic heterocycles. The minimum atomic E-state index is -0.177. The molecule has 2 aliphatic heterocycles. The second-order valence-corrected chi connectivity index (χ2v) is 7.51. The van der Waals surface area contributed by atoms with Gasteiger partial charge in [-0.15, -0.1) is 0 Å². The summed E-state index contributed by atoms with van der Waals surface area (Å²) in [5.41, 5.74) is 14.3. The van der Waals surface area contributed by atoms with Crippen molar-refractivity contribution in [2.75, 3.05) is 42.2 Å². The maximum absolute atomic E-state index is 11.5. The predicted molar refractivity (Wildman–Crippen MR) is 105 cm³/mol. The Morgan fingerprint density at radius 2 is 2.11 bits per heavy atom. The Kier molecular flexibility index (Phi) is 4.35. The average Bonchev–Trinajstić information content (AvgIpc) is 2.68. The van der Waals surface area contributed by atoms with Crippen LogP contribution in [0.2, 0.25) is 0 Å². The Morgan fingerprint density at radius 1 is 1.33 bits per heavy atom. The summed E-state index contributed by atoms with van der Waals surface area (Å²) >= 11 is 0. The molecule has 0 aliphatic carbocycles. The van der Waals surface area contributed by atoms with Crippen molar-refractivity contribution >= 4 is 23.2 Å². The molecule has 0 bridgehead atoms. The molecule has 0 radical (unpaired) electrons. The monoisotopic (exact) mass is 368 g/mol. The molecule has 27 heavy (non-hydrogen) atoms. The van der Waals surface area contributed by atoms with Crippen molar-refractivity contribution in [3.8, 4) is 17.0 Å². The van der Waals surface area contributed by atoms with Crippen molar-refractivity contribution in [3.63, 3.8) is 0 Å². The number of nitrogen functional groups attached to an aromatic ring is 1. The van der Waals surface area contributed by atoms with Crippen LogP contribution in [0.1, 0.15) is 19.8 Å². The number of carbonyl (C=O) groups excluding carboxylic acids is 1. The second-order valence-electron chi connectivity index (χ2n) is 7.51. The molecule has 3 heterocycles. The average molecular weight is 368 g/mol. The standard InChI is InChI=1S/C19H24N6O2/c1-19(11-20)4-6-25(7-5-19)15-9-22-17(18(21)24-15)12-2-3-14-13(8-12)23-16(26)10-27-14/h2-3,8-9H,4-7,10-11,20H2,1H3,(H2,21,24)(H,23,26). The van der Waals surface area contributed by atoms with E-state index in [4.69, 9.17) is 16.2 Å². The van der Waals surface area contributed by atoms with E-state index in [9.17, 15) is 4.79 Å². The van der Waals surface area contributed by atoms with Gasteiger partial charge in [-0.25, -0.2) is 9.97 Å². The molecule has 1 fully saturated rings. The van der Waals surface area contributed by atoms with Gasteiger partial charge in [-0.05, 0) is 43.0 Å². The first-order valence-electron chi connectivity index (χ1n) is 9.12. The Bertz CT molecular complexity index is 876. The minimum Gasteiger partial charge on any atom is -0.482 e. The zero-order valence-electron chi connectivity index (χ0n) is 15.4. The van der Waals surface area contributed by atoms with Crippen molar-refractivity contribution in [2.45, 2.75) is 19.8 Å². The zero-order chi connectivity index (χ0) is 19.0. The number of nitrogens with zero attached hydrogens (tertiary/aromatic N) is 3. The van der Waals surface area contributed by atoms with E-state index in [1.807, 2.05) is 6.07 Å². The van der Waals surface area contributed by atoms with Crippen LogP contribution in [0.4, 0.5) is 17.3 Å². The van der Waals surface area contributed by atoms with Crippen LogP contribution >= 0.6 is 0 Å². The highest BCUT2D eigenvalue weighted by atomic mass is 16.5. The summed E-state index contributed by atoms with van der Waals surface area (Å²) in [4.78, 5) is 22.8. The van der Waals surface area contributed by atoms with E-state index in [0.29, 0.717) is 29.5 Å². The number of benzene rings is 1. The van der Waals surface area contributed by atoms with Crippen LogP contribution in [0.15, 0.2) is 24.4 Å². The van der Waals surface area contributed by atoms with Crippen molar-refractivity contribution in [3.05, 3.63) is 24.4 Å². The first-order valence-corrected chi connectivity index (χ1v) is 9.12. The van der Waals surface area contributed by atoms with Gasteiger partial charge in [0.15, 0.2) is 12.4 Å². The molecule has 0 spiro atoms. The number of fused-ring (bicyclic) bond motifs is 1. The number of ether oxygens (including phenoxy) is 1. The molecule has 2 aromatic rings. The number of piperidine rings is 1. The number of hydrogen-bond acceptors (Lipinski definition) is 7. The molecule has 142 valence electrons. The van der Waals surface area contributed by atoms with Gasteiger partial charge in [-0.3, -0.25) is 4.79 Å². The number of nitrogens with two attached hydrogens (primary N) is 2. The summed E-state index contributed by atoms with van der Waals surface area (Å²) in [6, 6.07) is 5.47. The fourth-order valence-electron chi connectivity index (χ4n) is 3.48. The van der Waals surface area contributed by atoms with E-state index >= 15 is 0 Å². The van der Waals surface area contributed by atoms with Crippen molar-refractivity contribution in [1.29, 1.82) is 0 Å². The van der Waals surface area contributed by atoms with Crippen LogP contribution in [0.5, 0.6) is 5.75 Å². The first-order chi connectivity index (χ1) is 13.0. The van der Waals surface area contributed by atoms with Crippen molar-refractivity contribution in [1.82, 2.24) is 9.97 Å². The van der Waals surface area contributed by atoms with E-state index in [-0.39, 0.29) is 17.9 Å². The highest BCUT2D eigenvalue weighted by Crippen LogP contribution is 2.35. The number of nitrogens with one attached hydrogen (secondary N) is 1. The van der Waals surface area contributed by atoms with Gasteiger partial charge in [0.2, 0.25) is 0 Å². The predicted octanol–water partition coefficient (Wildman–Crippen LogP) is 1.62. The number of aromatic nitrogens is 2. The lowest BCUT2D eigenvalue weighted by Gasteiger charge is -2.39. The second kappa shape index (κ2) is 6.70. The summed E-state index contributed by atoms with van der Waals surface area (Å²) in [7, 11) is 0. The fourth-order valence-corrected chi connectivity index (χ4v) is 3.48. The first kappa shape index (κ1) is 17.5. The van der Waals surface area contributed by atoms with Gasteiger partial charge in [0.1, 0.15) is 17.3 Å². The lowest BCUT2D eigenvalue weighted by molar-refractivity contribution is -0.118. The maximum atomic E-state index is 11.5. The van der Waals surface area contributed by atoms with Gasteiger partial charge in [-0.1, -0.05) is 6.92 Å². The highest BCUT2D eigenvalue weighted by Gasteiger charge is 2.29. The summed E-state index contributed by atoms with van der Waals surface area (Å²) in [6.07, 6.45) is 3.81. The summed E-state index contributed by atoms with van der Waals surface area (Å²) in [5.74, 6) is 1.61. The lowest BCUT2D eigenvalue weighted by Crippen LogP contribution is -2.42. The number of carbonyl (C=O) groups is 1. The summed E-state index contributed by atoms with van der Waals surface area (Å²) < 4.78 is 5.39. The van der Waals surface area contributed by atoms with Crippen molar-refractivity contribution in [2.24, 2.45) is 11.1 Å². The maximum Gasteiger partial charge on any atom is 0.262 e. The Hall–Kier alpha value is -2.87. The molecule has 5 N–H and O–H groups in total. The Labute approximate surface area is 157 Å². The molecule has 1 aromatic carbocycles. The van der Waals surface area contributed by atoms with E-state index in [2.05, 4.69) is 27.1 Å². The van der Waals surface area contributed by atoms with E-state index in [1.54, 1.807) is 18.3 Å². The van der Waals surface area contributed by atoms with E-state index in [0.717, 1.165) is 37.3 Å². The quantitative estimate of drug-likeness (QED) is 0.753. The third-order valence-corrected chi connectivity index (χ3v) is 5.46. The fraction of sp³-hybridized carbons (Fsp3) is 0.421. The molecule has 1 amide bonds. The molecule has 0 atom stereocenters. The van der Waals surface area contributed by atoms with Crippen LogP contribution in [-0.4, -0.2) is 42.1 Å². The van der Waals surface area contributed by atoms with Crippen LogP contribution in [0.3, 0.4) is 0 Å². The van der Waals surface area contributed by atoms with E-state index < -0.39 is 0 Å². The minimum absolute atomic E-state index is 0.0298. The summed E-state index contributed by atoms with van der Waals surface area (Å²) in [6.45, 7) is 4.74. The molecule has 0 saturated carbocycles. The van der Waals surface area contributed by atoms with Gasteiger partial charge < -0.3 is 26.4 Å². The molecule has 4 rings (SSSR count). The molecular weight excluding hydrogens is 344 g/mol. The lowest BCUT2D eigenvalue weighted by atomic mass is 9.80. The van der Waals surface area contributed by atoms with Gasteiger partial charge in [-0.2, -0.15) is 0 Å². The van der Waals surface area contributed by atoms with Crippen LogP contribution in [0, 0.1) is 5.41 Å². The third-order valence-electron chi connectivity index (χ3n) is 5.46. The molecule has 8 nitrogen and oxygen atoms in total. The van der Waals surface area contributed by atoms with Gasteiger partial charge in [0.05, 0.1) is 11.9 Å². The normalized spacial score (nSPS) is 18.4. The highest BCUT2D eigenvalue weighted by molar-refractivity contribution is 5.96. The summed E-state index contributed by atoms with van der Waals surface area (Å²) in [5, 5.41) is 2.79. The number of rotatable bonds is 3. The molecule has 0 unspecified atom stereocenters. The van der Waals surface area contributed by atoms with Crippen molar-refractivity contribution < 1.29 is 9.53 Å². The SMILES string of the molecule is CC1(CN)CCN(c2cnc(-c3ccc4c(c3)NC(=O)CO4)c(N)n2)CC1. The van der Waals surface area contributed by atoms with Crippen LogP contribution in [-0.2, 0) is 4.79 Å². The number of hydrogen-bond donors (Lipinski definition) is 3. The molecule has 2 aliphatic rings. The van der Waals surface area contributed by atoms with Crippen LogP contribution < -0.4 is 26.4 Å². The smallest absolute Gasteiger partial charge is 0.262 e. The Balaban J connectivity index is 1.56. The van der Waals surface area contributed by atoms with Gasteiger partial charge in [0.25, 0.3) is 5.91 Å². The Morgan fingerprint density at radius 3 is 2.81 bits per heavy atom. The number of anilines is 3. The topological polar surface area (TPSA) is 119 Å². The molecule has 1 saturated heterocycles. The third kappa shape index (κ3) is 3.40. The molecular formula is C19H24N6O2. The van der Waals surface area contributed by atoms with Crippen LogP contribution in [0.25, 0.3) is 11.3 Å². The van der Waals surface area contributed by atoms with Gasteiger partial charge >= 0.3 is 0 Å². The number of amides is 1. The van der Waals surface area contributed by atoms with Gasteiger partial charge in [0, 0.05) is 18.7 Å².